The molecule has 0 bridgehead atoms. The Morgan fingerprint density at radius 1 is 1.07 bits per heavy atom. The van der Waals surface area contributed by atoms with Gasteiger partial charge in [0.25, 0.3) is 0 Å². The van der Waals surface area contributed by atoms with Crippen molar-refractivity contribution >= 4 is 17.2 Å². The molecule has 42 heavy (non-hydrogen) atoms. The highest BCUT2D eigenvalue weighted by Gasteiger charge is 2.17. The van der Waals surface area contributed by atoms with E-state index in [1.165, 1.54) is 9.88 Å². The Kier molecular flexibility index (Phi) is 12.4. The second-order valence-corrected chi connectivity index (χ2v) is 11.9. The highest BCUT2D eigenvalue weighted by atomic mass is 32.1. The van der Waals surface area contributed by atoms with E-state index in [4.69, 9.17) is 30.1 Å². The van der Waals surface area contributed by atoms with E-state index < -0.39 is 6.29 Å². The number of unbranched alkanes of at least 4 members (excludes halogenated alkanes) is 1. The van der Waals surface area contributed by atoms with Crippen LogP contribution in [0.3, 0.4) is 0 Å². The lowest BCUT2D eigenvalue weighted by Crippen LogP contribution is -2.40. The number of morpholine rings is 1. The fourth-order valence-electron chi connectivity index (χ4n) is 4.67. The molecular weight excluding hydrogens is 550 g/mol. The minimum absolute atomic E-state index is 0.0595. The van der Waals surface area contributed by atoms with Gasteiger partial charge < -0.3 is 30.5 Å². The molecule has 4 rings (SSSR count). The lowest BCUT2D eigenvalue weighted by atomic mass is 10.1. The van der Waals surface area contributed by atoms with Gasteiger partial charge in [-0.3, -0.25) is 4.90 Å². The van der Waals surface area contributed by atoms with E-state index in [1.54, 1.807) is 24.3 Å². The zero-order valence-electron chi connectivity index (χ0n) is 25.1. The van der Waals surface area contributed by atoms with Crippen molar-refractivity contribution in [2.45, 2.75) is 58.7 Å². The smallest absolute Gasteiger partial charge is 0.241 e. The number of nitrogens with one attached hydrogen (secondary N) is 1. The van der Waals surface area contributed by atoms with Gasteiger partial charge in [0.05, 0.1) is 23.9 Å². The summed E-state index contributed by atoms with van der Waals surface area (Å²) in [4.78, 5) is 8.80. The quantitative estimate of drug-likeness (QED) is 0.0499. The molecule has 10 heteroatoms. The second kappa shape index (κ2) is 16.5. The van der Waals surface area contributed by atoms with E-state index >= 15 is 0 Å². The first-order valence-corrected chi connectivity index (χ1v) is 15.8. The summed E-state index contributed by atoms with van der Waals surface area (Å²) in [6.45, 7) is 13.2. The van der Waals surface area contributed by atoms with Gasteiger partial charge >= 0.3 is 0 Å². The number of rotatable bonds is 16. The maximum atomic E-state index is 8.90. The Balaban J connectivity index is 1.38. The zero-order valence-corrected chi connectivity index (χ0v) is 25.9. The Morgan fingerprint density at radius 2 is 1.74 bits per heavy atom. The highest BCUT2D eigenvalue weighted by Crippen LogP contribution is 2.33. The molecule has 0 amide bonds. The van der Waals surface area contributed by atoms with Gasteiger partial charge in [-0.1, -0.05) is 32.3 Å². The minimum Gasteiger partial charge on any atom is -0.455 e. The molecule has 1 aliphatic heterocycles. The van der Waals surface area contributed by atoms with Gasteiger partial charge in [-0.2, -0.15) is 0 Å². The second-order valence-electron chi connectivity index (χ2n) is 10.8. The van der Waals surface area contributed by atoms with Crippen LogP contribution >= 0.6 is 11.3 Å². The van der Waals surface area contributed by atoms with Gasteiger partial charge in [-0.15, -0.1) is 11.3 Å². The van der Waals surface area contributed by atoms with Crippen molar-refractivity contribution in [1.29, 1.82) is 0 Å². The molecule has 0 aliphatic carbocycles. The van der Waals surface area contributed by atoms with Crippen molar-refractivity contribution in [2.75, 3.05) is 45.9 Å². The van der Waals surface area contributed by atoms with Crippen LogP contribution in [0.5, 0.6) is 11.5 Å². The van der Waals surface area contributed by atoms with Crippen molar-refractivity contribution < 1.29 is 19.4 Å². The van der Waals surface area contributed by atoms with Crippen molar-refractivity contribution in [3.63, 3.8) is 0 Å². The average molecular weight is 596 g/mol. The number of aromatic nitrogens is 1. The van der Waals surface area contributed by atoms with Crippen LogP contribution in [0.15, 0.2) is 53.7 Å². The van der Waals surface area contributed by atoms with Crippen molar-refractivity contribution in [1.82, 2.24) is 15.2 Å². The van der Waals surface area contributed by atoms with Gasteiger partial charge in [0.15, 0.2) is 5.84 Å². The number of amidine groups is 1. The first-order chi connectivity index (χ1) is 20.5. The van der Waals surface area contributed by atoms with Crippen LogP contribution < -0.4 is 20.5 Å². The summed E-state index contributed by atoms with van der Waals surface area (Å²) in [5, 5.41) is 16.7. The van der Waals surface area contributed by atoms with Crippen LogP contribution in [0.1, 0.15) is 61.4 Å². The molecule has 1 aliphatic rings. The maximum absolute atomic E-state index is 8.90. The van der Waals surface area contributed by atoms with Crippen LogP contribution in [0, 0.1) is 0 Å². The first-order valence-electron chi connectivity index (χ1n) is 15.0. The standard InChI is InChI=1S/C32H45N5O4S/c1-4-5-6-29(41-27-13-9-25(10-14-27)31(33)36-38)40-26-11-7-24(8-12-26)30-28(42-32(35-30)23(2)3)15-16-34-17-18-37-19-21-39-22-20-37/h7-14,23,29,34,38H,4-6,15-22H2,1-3H3,(H2,33,36). The molecular formula is C32H45N5O4S. The molecule has 2 aromatic carbocycles. The molecule has 0 saturated carbocycles. The largest absolute Gasteiger partial charge is 0.455 e. The number of nitrogens with zero attached hydrogens (tertiary/aromatic N) is 3. The van der Waals surface area contributed by atoms with E-state index in [2.05, 4.69) is 48.3 Å². The third kappa shape index (κ3) is 9.42. The highest BCUT2D eigenvalue weighted by molar-refractivity contribution is 7.12. The summed E-state index contributed by atoms with van der Waals surface area (Å²) >= 11 is 1.82. The van der Waals surface area contributed by atoms with Crippen LogP contribution in [0.4, 0.5) is 0 Å². The van der Waals surface area contributed by atoms with E-state index in [1.807, 2.05) is 23.5 Å². The van der Waals surface area contributed by atoms with Crippen molar-refractivity contribution in [3.05, 3.63) is 64.0 Å². The van der Waals surface area contributed by atoms with E-state index in [0.29, 0.717) is 17.2 Å². The molecule has 2 heterocycles. The number of nitrogens with two attached hydrogens (primary N) is 1. The number of hydrogen-bond acceptors (Lipinski definition) is 9. The van der Waals surface area contributed by atoms with Gasteiger partial charge in [0, 0.05) is 61.1 Å². The van der Waals surface area contributed by atoms with Crippen molar-refractivity contribution in [2.24, 2.45) is 10.9 Å². The van der Waals surface area contributed by atoms with Crippen molar-refractivity contribution in [3.8, 4) is 22.8 Å². The Bertz CT molecular complexity index is 1240. The summed E-state index contributed by atoms with van der Waals surface area (Å²) in [6, 6.07) is 15.3. The minimum atomic E-state index is -0.434. The fraction of sp³-hybridized carbons (Fsp3) is 0.500. The number of oxime groups is 1. The van der Waals surface area contributed by atoms with Crippen LogP contribution in [0.25, 0.3) is 11.3 Å². The lowest BCUT2D eigenvalue weighted by molar-refractivity contribution is -0.00211. The van der Waals surface area contributed by atoms with Gasteiger partial charge in [-0.25, -0.2) is 4.98 Å². The van der Waals surface area contributed by atoms with Gasteiger partial charge in [0.2, 0.25) is 6.29 Å². The maximum Gasteiger partial charge on any atom is 0.241 e. The zero-order chi connectivity index (χ0) is 29.7. The number of benzene rings is 2. The Hall–Kier alpha value is -3.18. The predicted octanol–water partition coefficient (Wildman–Crippen LogP) is 5.47. The molecule has 1 unspecified atom stereocenters. The average Bonchev–Trinajstić information content (AvgIpc) is 3.45. The number of thiazole rings is 1. The number of ether oxygens (including phenoxy) is 3. The molecule has 1 aromatic heterocycles. The van der Waals surface area contributed by atoms with Crippen LogP contribution in [-0.2, 0) is 11.2 Å². The molecule has 1 fully saturated rings. The molecule has 0 radical (unpaired) electrons. The Morgan fingerprint density at radius 3 is 2.36 bits per heavy atom. The van der Waals surface area contributed by atoms with E-state index in [-0.39, 0.29) is 5.84 Å². The van der Waals surface area contributed by atoms with Crippen LogP contribution in [0.2, 0.25) is 0 Å². The third-order valence-electron chi connectivity index (χ3n) is 7.16. The van der Waals surface area contributed by atoms with Crippen LogP contribution in [-0.4, -0.2) is 73.2 Å². The normalized spacial score (nSPS) is 15.2. The first kappa shape index (κ1) is 31.7. The Labute approximate surface area is 253 Å². The monoisotopic (exact) mass is 595 g/mol. The van der Waals surface area contributed by atoms with E-state index in [9.17, 15) is 0 Å². The predicted molar refractivity (Wildman–Crippen MR) is 169 cm³/mol. The third-order valence-corrected chi connectivity index (χ3v) is 8.57. The number of hydrogen-bond donors (Lipinski definition) is 3. The topological polar surface area (TPSA) is 114 Å². The summed E-state index contributed by atoms with van der Waals surface area (Å²) in [5.74, 6) is 1.86. The van der Waals surface area contributed by atoms with Gasteiger partial charge in [0.1, 0.15) is 11.5 Å². The fourth-order valence-corrected chi connectivity index (χ4v) is 5.76. The SMILES string of the molecule is CCCCC(Oc1ccc(C(N)=NO)cc1)Oc1ccc(-c2nc(C(C)C)sc2CCNCCN2CCOCC2)cc1. The molecule has 0 spiro atoms. The molecule has 9 nitrogen and oxygen atoms in total. The molecule has 1 saturated heterocycles. The summed E-state index contributed by atoms with van der Waals surface area (Å²) in [7, 11) is 0. The lowest BCUT2D eigenvalue weighted by Gasteiger charge is -2.26. The summed E-state index contributed by atoms with van der Waals surface area (Å²) in [5.41, 5.74) is 8.46. The molecule has 228 valence electrons. The molecule has 1 atom stereocenters. The van der Waals surface area contributed by atoms with Gasteiger partial charge in [-0.05, 0) is 61.4 Å². The van der Waals surface area contributed by atoms with E-state index in [0.717, 1.165) is 88.6 Å². The molecule has 3 aromatic rings. The summed E-state index contributed by atoms with van der Waals surface area (Å²) in [6.07, 6.45) is 3.29. The molecule has 4 N–H and O–H groups in total. The summed E-state index contributed by atoms with van der Waals surface area (Å²) < 4.78 is 17.9.